The molecular weight excluding hydrogens is 538 g/mol. The predicted molar refractivity (Wildman–Crippen MR) is 155 cm³/mol. The Bertz CT molecular complexity index is 1470. The smallest absolute Gasteiger partial charge is 0.268 e. The molecule has 208 valence electrons. The Morgan fingerprint density at radius 3 is 2.23 bits per heavy atom. The Hall–Kier alpha value is -3.43. The summed E-state index contributed by atoms with van der Waals surface area (Å²) >= 11 is 6.36. The highest BCUT2D eigenvalue weighted by atomic mass is 35.5. The fourth-order valence-corrected chi connectivity index (χ4v) is 6.63. The Morgan fingerprint density at radius 1 is 0.923 bits per heavy atom. The molecule has 0 unspecified atom stereocenters. The predicted octanol–water partition coefficient (Wildman–Crippen LogP) is 4.83. The Morgan fingerprint density at radius 2 is 1.59 bits per heavy atom. The minimum absolute atomic E-state index is 0.0236. The molecule has 3 aromatic carbocycles. The highest BCUT2D eigenvalue weighted by Gasteiger charge is 2.33. The van der Waals surface area contributed by atoms with E-state index in [1.54, 1.807) is 42.2 Å². The monoisotopic (exact) mass is 571 g/mol. The summed E-state index contributed by atoms with van der Waals surface area (Å²) in [5.41, 5.74) is 4.60. The number of nitrogens with zero attached hydrogens (tertiary/aromatic N) is 3. The lowest BCUT2D eigenvalue weighted by atomic mass is 10.1. The van der Waals surface area contributed by atoms with Crippen molar-refractivity contribution in [1.29, 1.82) is 0 Å². The van der Waals surface area contributed by atoms with Gasteiger partial charge in [-0.2, -0.15) is 0 Å². The maximum Gasteiger partial charge on any atom is 0.268 e. The van der Waals surface area contributed by atoms with E-state index in [9.17, 15) is 13.2 Å². The van der Waals surface area contributed by atoms with Gasteiger partial charge in [-0.05, 0) is 73.9 Å². The molecule has 4 rings (SSSR count). The number of halogens is 1. The lowest BCUT2D eigenvalue weighted by Crippen LogP contribution is -2.52. The first kappa shape index (κ1) is 28.6. The van der Waals surface area contributed by atoms with E-state index in [0.717, 1.165) is 15.6 Å². The molecule has 1 saturated heterocycles. The number of anilines is 2. The van der Waals surface area contributed by atoms with Gasteiger partial charge in [-0.1, -0.05) is 29.8 Å². The molecule has 0 aromatic heterocycles. The van der Waals surface area contributed by atoms with Gasteiger partial charge in [-0.15, -0.1) is 0 Å². The van der Waals surface area contributed by atoms with Gasteiger partial charge >= 0.3 is 0 Å². The topological polar surface area (TPSA) is 79.4 Å². The average Bonchev–Trinajstić information content (AvgIpc) is 2.93. The fourth-order valence-electron chi connectivity index (χ4n) is 4.73. The number of amides is 1. The number of carbonyl (C=O) groups excluding carboxylic acids is 1. The summed E-state index contributed by atoms with van der Waals surface area (Å²) in [7, 11) is -1.31. The molecule has 1 heterocycles. The van der Waals surface area contributed by atoms with Crippen molar-refractivity contribution < 1.29 is 22.7 Å². The van der Waals surface area contributed by atoms with Gasteiger partial charge < -0.3 is 19.3 Å². The molecule has 0 atom stereocenters. The van der Waals surface area contributed by atoms with Gasteiger partial charge in [0.15, 0.2) is 0 Å². The molecule has 1 fully saturated rings. The number of carbonyl (C=O) groups is 1. The Kier molecular flexibility index (Phi) is 8.61. The van der Waals surface area contributed by atoms with Crippen LogP contribution < -0.4 is 18.7 Å². The van der Waals surface area contributed by atoms with Gasteiger partial charge in [0.2, 0.25) is 5.91 Å². The molecule has 0 aliphatic carbocycles. The van der Waals surface area contributed by atoms with Gasteiger partial charge in [0, 0.05) is 31.9 Å². The number of sulfonamides is 1. The van der Waals surface area contributed by atoms with Gasteiger partial charge in [0.25, 0.3) is 10.0 Å². The van der Waals surface area contributed by atoms with E-state index in [-0.39, 0.29) is 33.8 Å². The van der Waals surface area contributed by atoms with E-state index >= 15 is 0 Å². The second kappa shape index (κ2) is 11.8. The Balaban J connectivity index is 1.62. The van der Waals surface area contributed by atoms with Crippen LogP contribution in [0.1, 0.15) is 16.7 Å². The zero-order valence-corrected chi connectivity index (χ0v) is 24.5. The van der Waals surface area contributed by atoms with Crippen LogP contribution in [-0.2, 0) is 14.8 Å². The van der Waals surface area contributed by atoms with Crippen LogP contribution >= 0.6 is 11.6 Å². The number of methoxy groups -OCH3 is 2. The summed E-state index contributed by atoms with van der Waals surface area (Å²) in [5, 5.41) is 0.237. The lowest BCUT2D eigenvalue weighted by molar-refractivity contribution is -0.129. The van der Waals surface area contributed by atoms with Crippen LogP contribution in [0.3, 0.4) is 0 Å². The summed E-state index contributed by atoms with van der Waals surface area (Å²) < 4.78 is 39.8. The molecule has 0 spiro atoms. The standard InChI is InChI=1S/C29H34ClN3O5S/c1-20-9-11-27(38-5)28(17-20)39(35,36)33(23-10-12-26(37-4)24(30)18-23)19-29(34)32-15-13-31(14-16-32)25-8-6-7-21(2)22(25)3/h6-12,17-18H,13-16,19H2,1-5H3. The third-order valence-corrected chi connectivity index (χ3v) is 9.23. The van der Waals surface area contributed by atoms with Crippen molar-refractivity contribution in [1.82, 2.24) is 4.90 Å². The van der Waals surface area contributed by atoms with E-state index in [1.807, 2.05) is 6.07 Å². The normalized spacial score (nSPS) is 13.8. The highest BCUT2D eigenvalue weighted by Crippen LogP contribution is 2.35. The number of piperazine rings is 1. The molecule has 1 aliphatic rings. The van der Waals surface area contributed by atoms with Crippen LogP contribution in [-0.4, -0.2) is 66.2 Å². The van der Waals surface area contributed by atoms with Crippen LogP contribution in [0.4, 0.5) is 11.4 Å². The fraction of sp³-hybridized carbons (Fsp3) is 0.345. The molecule has 0 bridgehead atoms. The van der Waals surface area contributed by atoms with Crippen LogP contribution in [0, 0.1) is 20.8 Å². The van der Waals surface area contributed by atoms with Crippen LogP contribution in [0.15, 0.2) is 59.5 Å². The third kappa shape index (κ3) is 5.94. The quantitative estimate of drug-likeness (QED) is 0.385. The van der Waals surface area contributed by atoms with Crippen LogP contribution in [0.25, 0.3) is 0 Å². The largest absolute Gasteiger partial charge is 0.495 e. The molecule has 1 amide bonds. The second-order valence-electron chi connectivity index (χ2n) is 9.57. The second-order valence-corrected chi connectivity index (χ2v) is 11.8. The Labute approximate surface area is 235 Å². The van der Waals surface area contributed by atoms with Gasteiger partial charge in [-0.25, -0.2) is 8.42 Å². The molecule has 0 saturated carbocycles. The first-order valence-electron chi connectivity index (χ1n) is 12.7. The number of aryl methyl sites for hydroxylation is 2. The first-order chi connectivity index (χ1) is 18.6. The number of rotatable bonds is 8. The molecule has 1 aliphatic heterocycles. The van der Waals surface area contributed by atoms with E-state index in [0.29, 0.717) is 31.9 Å². The summed E-state index contributed by atoms with van der Waals surface area (Å²) in [6.07, 6.45) is 0. The number of hydrogen-bond acceptors (Lipinski definition) is 6. The molecule has 0 N–H and O–H groups in total. The maximum atomic E-state index is 14.0. The number of benzene rings is 3. The zero-order valence-electron chi connectivity index (χ0n) is 22.9. The van der Waals surface area contributed by atoms with Gasteiger partial charge in [0.05, 0.1) is 24.9 Å². The summed E-state index contributed by atoms with van der Waals surface area (Å²) in [6, 6.07) is 15.8. The molecule has 8 nitrogen and oxygen atoms in total. The summed E-state index contributed by atoms with van der Waals surface area (Å²) in [5.74, 6) is 0.303. The zero-order chi connectivity index (χ0) is 28.3. The molecular formula is C29H34ClN3O5S. The summed E-state index contributed by atoms with van der Waals surface area (Å²) in [6.45, 7) is 7.88. The molecule has 0 radical (unpaired) electrons. The van der Waals surface area contributed by atoms with Gasteiger partial charge in [0.1, 0.15) is 22.9 Å². The number of ether oxygens (including phenoxy) is 2. The van der Waals surface area contributed by atoms with Gasteiger partial charge in [-0.3, -0.25) is 9.10 Å². The summed E-state index contributed by atoms with van der Waals surface area (Å²) in [4.78, 5) is 17.5. The SMILES string of the molecule is COc1ccc(N(CC(=O)N2CCN(c3cccc(C)c3C)CC2)S(=O)(=O)c2cc(C)ccc2OC)cc1Cl. The van der Waals surface area contributed by atoms with Crippen molar-refractivity contribution in [2.24, 2.45) is 0 Å². The first-order valence-corrected chi connectivity index (χ1v) is 14.5. The van der Waals surface area contributed by atoms with Crippen molar-refractivity contribution >= 4 is 38.9 Å². The van der Waals surface area contributed by atoms with Crippen molar-refractivity contribution in [3.8, 4) is 11.5 Å². The highest BCUT2D eigenvalue weighted by molar-refractivity contribution is 7.93. The maximum absolute atomic E-state index is 14.0. The number of hydrogen-bond donors (Lipinski definition) is 0. The lowest BCUT2D eigenvalue weighted by Gasteiger charge is -2.38. The minimum atomic E-state index is -4.20. The van der Waals surface area contributed by atoms with E-state index in [1.165, 1.54) is 31.4 Å². The molecule has 10 heteroatoms. The minimum Gasteiger partial charge on any atom is -0.495 e. The van der Waals surface area contributed by atoms with Crippen molar-refractivity contribution in [2.75, 3.05) is 56.1 Å². The third-order valence-electron chi connectivity index (χ3n) is 7.14. The van der Waals surface area contributed by atoms with Crippen LogP contribution in [0.2, 0.25) is 5.02 Å². The molecule has 3 aromatic rings. The van der Waals surface area contributed by atoms with E-state index in [2.05, 4.69) is 30.9 Å². The van der Waals surface area contributed by atoms with E-state index < -0.39 is 10.0 Å². The van der Waals surface area contributed by atoms with Crippen molar-refractivity contribution in [3.05, 3.63) is 76.3 Å². The van der Waals surface area contributed by atoms with E-state index in [4.69, 9.17) is 21.1 Å². The van der Waals surface area contributed by atoms with Crippen molar-refractivity contribution in [3.63, 3.8) is 0 Å². The average molecular weight is 572 g/mol. The van der Waals surface area contributed by atoms with Crippen LogP contribution in [0.5, 0.6) is 11.5 Å². The van der Waals surface area contributed by atoms with Crippen molar-refractivity contribution in [2.45, 2.75) is 25.7 Å². The molecule has 39 heavy (non-hydrogen) atoms.